The number of benzene rings is 1. The zero-order valence-electron chi connectivity index (χ0n) is 12.6. The van der Waals surface area contributed by atoms with E-state index in [1.54, 1.807) is 0 Å². The van der Waals surface area contributed by atoms with Gasteiger partial charge in [0.2, 0.25) is 0 Å². The second kappa shape index (κ2) is 6.67. The fourth-order valence-electron chi connectivity index (χ4n) is 2.81. The molecule has 0 spiro atoms. The Bertz CT molecular complexity index is 638. The number of para-hydroxylation sites is 1. The minimum atomic E-state index is 0.0531. The molecule has 1 unspecified atom stereocenters. The predicted molar refractivity (Wildman–Crippen MR) is 97.5 cm³/mol. The third-order valence-corrected chi connectivity index (χ3v) is 5.68. The third-order valence-electron chi connectivity index (χ3n) is 3.99. The number of anilines is 2. The van der Waals surface area contributed by atoms with E-state index in [2.05, 4.69) is 40.5 Å². The van der Waals surface area contributed by atoms with Crippen LogP contribution >= 0.6 is 34.5 Å². The Morgan fingerprint density at radius 1 is 1.23 bits per heavy atom. The minimum Gasteiger partial charge on any atom is -0.350 e. The van der Waals surface area contributed by atoms with E-state index in [0.29, 0.717) is 10.0 Å². The predicted octanol–water partition coefficient (Wildman–Crippen LogP) is 4.76. The molecule has 118 valence electrons. The lowest BCUT2D eigenvalue weighted by Crippen LogP contribution is -2.43. The molecule has 3 rings (SSSR count). The summed E-state index contributed by atoms with van der Waals surface area (Å²) in [5.74, 6) is 0. The highest BCUT2D eigenvalue weighted by Gasteiger charge is 2.31. The molecule has 1 aromatic carbocycles. The molecule has 1 N–H and O–H groups in total. The summed E-state index contributed by atoms with van der Waals surface area (Å²) in [4.78, 5) is 6.07. The maximum absolute atomic E-state index is 6.30. The highest BCUT2D eigenvalue weighted by molar-refractivity contribution is 7.10. The first-order valence-electron chi connectivity index (χ1n) is 7.35. The molecule has 2 heterocycles. The first kappa shape index (κ1) is 15.9. The van der Waals surface area contributed by atoms with E-state index in [1.165, 1.54) is 10.6 Å². The third kappa shape index (κ3) is 2.93. The lowest BCUT2D eigenvalue weighted by molar-refractivity contribution is 0.340. The van der Waals surface area contributed by atoms with E-state index >= 15 is 0 Å². The summed E-state index contributed by atoms with van der Waals surface area (Å²) >= 11 is 14.4. The Kier molecular flexibility index (Phi) is 4.83. The molecule has 0 aliphatic carbocycles. The van der Waals surface area contributed by atoms with Crippen LogP contribution in [0.3, 0.4) is 0 Å². The number of thiophene rings is 1. The van der Waals surface area contributed by atoms with Gasteiger partial charge < -0.3 is 10.2 Å². The van der Waals surface area contributed by atoms with Crippen LogP contribution in [0.2, 0.25) is 10.0 Å². The van der Waals surface area contributed by atoms with Crippen molar-refractivity contribution in [2.24, 2.45) is 0 Å². The number of nitrogens with zero attached hydrogens (tertiary/aromatic N) is 2. The van der Waals surface area contributed by atoms with Crippen molar-refractivity contribution >= 4 is 45.9 Å². The van der Waals surface area contributed by atoms with Gasteiger partial charge >= 0.3 is 0 Å². The molecular weight excluding hydrogens is 337 g/mol. The molecule has 1 saturated heterocycles. The maximum atomic E-state index is 6.30. The van der Waals surface area contributed by atoms with Crippen LogP contribution in [0.1, 0.15) is 11.8 Å². The monoisotopic (exact) mass is 355 g/mol. The van der Waals surface area contributed by atoms with Gasteiger partial charge in [-0.2, -0.15) is 0 Å². The second-order valence-electron chi connectivity index (χ2n) is 5.37. The molecule has 0 radical (unpaired) electrons. The van der Waals surface area contributed by atoms with Crippen LogP contribution in [0.4, 0.5) is 11.4 Å². The first-order valence-corrected chi connectivity index (χ1v) is 8.99. The molecule has 1 fully saturated rings. The Balaban J connectivity index is 1.90. The summed E-state index contributed by atoms with van der Waals surface area (Å²) in [6, 6.07) is 7.78. The molecule has 0 saturated carbocycles. The van der Waals surface area contributed by atoms with Crippen LogP contribution in [0.5, 0.6) is 0 Å². The number of hydrogen-bond donors (Lipinski definition) is 1. The van der Waals surface area contributed by atoms with Crippen LogP contribution in [-0.4, -0.2) is 31.3 Å². The van der Waals surface area contributed by atoms with Crippen molar-refractivity contribution in [3.05, 3.63) is 44.6 Å². The van der Waals surface area contributed by atoms with Gasteiger partial charge in [-0.05, 0) is 37.0 Å². The summed E-state index contributed by atoms with van der Waals surface area (Å²) in [6.45, 7) is 4.18. The van der Waals surface area contributed by atoms with Crippen LogP contribution in [-0.2, 0) is 6.42 Å². The van der Waals surface area contributed by atoms with Crippen molar-refractivity contribution in [1.82, 2.24) is 4.90 Å². The Labute approximate surface area is 145 Å². The lowest BCUT2D eigenvalue weighted by Gasteiger charge is -2.31. The standard InChI is InChI=1S/C16H19Cl2N3S/c1-3-14-13(7-10-22-14)21-9-8-20(2)16(21)19-15-11(17)5-4-6-12(15)18/h4-7,10,16,19H,3,8-9H2,1-2H3. The molecule has 3 nitrogen and oxygen atoms in total. The average Bonchev–Trinajstić information content (AvgIpc) is 3.09. The van der Waals surface area contributed by atoms with Crippen molar-refractivity contribution in [1.29, 1.82) is 0 Å². The van der Waals surface area contributed by atoms with Gasteiger partial charge in [-0.3, -0.25) is 4.90 Å². The van der Waals surface area contributed by atoms with Gasteiger partial charge in [0.1, 0.15) is 0 Å². The van der Waals surface area contributed by atoms with Crippen molar-refractivity contribution in [3.8, 4) is 0 Å². The summed E-state index contributed by atoms with van der Waals surface area (Å²) in [6.07, 6.45) is 1.10. The topological polar surface area (TPSA) is 18.5 Å². The van der Waals surface area contributed by atoms with Gasteiger partial charge in [-0.15, -0.1) is 11.3 Å². The van der Waals surface area contributed by atoms with Gasteiger partial charge in [-0.1, -0.05) is 36.2 Å². The van der Waals surface area contributed by atoms with Crippen molar-refractivity contribution < 1.29 is 0 Å². The number of rotatable bonds is 4. The van der Waals surface area contributed by atoms with Crippen molar-refractivity contribution in [2.45, 2.75) is 19.6 Å². The molecule has 1 atom stereocenters. The number of nitrogens with one attached hydrogen (secondary N) is 1. The molecule has 1 aliphatic rings. The minimum absolute atomic E-state index is 0.0531. The van der Waals surface area contributed by atoms with E-state index in [-0.39, 0.29) is 6.29 Å². The number of hydrogen-bond acceptors (Lipinski definition) is 4. The van der Waals surface area contributed by atoms with Gasteiger partial charge in [0.05, 0.1) is 21.4 Å². The summed E-state index contributed by atoms with van der Waals surface area (Å²) in [5, 5.41) is 6.96. The fourth-order valence-corrected chi connectivity index (χ4v) is 4.15. The quantitative estimate of drug-likeness (QED) is 0.852. The van der Waals surface area contributed by atoms with E-state index in [1.807, 2.05) is 29.5 Å². The molecule has 0 bridgehead atoms. The summed E-state index contributed by atoms with van der Waals surface area (Å²) in [7, 11) is 2.11. The SMILES string of the molecule is CCc1sccc1N1CCN(C)C1Nc1c(Cl)cccc1Cl. The molecular formula is C16H19Cl2N3S. The molecule has 6 heteroatoms. The highest BCUT2D eigenvalue weighted by atomic mass is 35.5. The lowest BCUT2D eigenvalue weighted by atomic mass is 10.3. The zero-order chi connectivity index (χ0) is 15.7. The Morgan fingerprint density at radius 3 is 2.64 bits per heavy atom. The zero-order valence-corrected chi connectivity index (χ0v) is 15.0. The normalized spacial score (nSPS) is 18.9. The average molecular weight is 356 g/mol. The molecule has 1 aliphatic heterocycles. The molecule has 2 aromatic rings. The van der Waals surface area contributed by atoms with Crippen LogP contribution < -0.4 is 10.2 Å². The van der Waals surface area contributed by atoms with Crippen molar-refractivity contribution in [3.63, 3.8) is 0 Å². The van der Waals surface area contributed by atoms with E-state index in [9.17, 15) is 0 Å². The number of halogens is 2. The second-order valence-corrected chi connectivity index (χ2v) is 7.19. The molecule has 22 heavy (non-hydrogen) atoms. The van der Waals surface area contributed by atoms with Gasteiger partial charge in [0.25, 0.3) is 0 Å². The Morgan fingerprint density at radius 2 is 1.95 bits per heavy atom. The van der Waals surface area contributed by atoms with Crippen molar-refractivity contribution in [2.75, 3.05) is 30.4 Å². The number of likely N-dealkylation sites (N-methyl/N-ethyl adjacent to an activating group) is 1. The van der Waals surface area contributed by atoms with Gasteiger partial charge in [-0.25, -0.2) is 0 Å². The van der Waals surface area contributed by atoms with Crippen LogP contribution in [0.15, 0.2) is 29.6 Å². The Hall–Kier alpha value is -0.940. The first-order chi connectivity index (χ1) is 10.6. The molecule has 0 amide bonds. The van der Waals surface area contributed by atoms with E-state index in [0.717, 1.165) is 25.2 Å². The highest BCUT2D eigenvalue weighted by Crippen LogP contribution is 2.35. The van der Waals surface area contributed by atoms with Crippen LogP contribution in [0.25, 0.3) is 0 Å². The van der Waals surface area contributed by atoms with E-state index < -0.39 is 0 Å². The molecule has 1 aromatic heterocycles. The van der Waals surface area contributed by atoms with E-state index in [4.69, 9.17) is 23.2 Å². The number of aryl methyl sites for hydroxylation is 1. The van der Waals surface area contributed by atoms with Gasteiger partial charge in [0, 0.05) is 18.0 Å². The summed E-state index contributed by atoms with van der Waals surface area (Å²) in [5.41, 5.74) is 2.10. The summed E-state index contributed by atoms with van der Waals surface area (Å²) < 4.78 is 0. The largest absolute Gasteiger partial charge is 0.350 e. The smallest absolute Gasteiger partial charge is 0.158 e. The van der Waals surface area contributed by atoms with Gasteiger partial charge in [0.15, 0.2) is 6.29 Å². The van der Waals surface area contributed by atoms with Crippen LogP contribution in [0, 0.1) is 0 Å². The fraction of sp³-hybridized carbons (Fsp3) is 0.375. The maximum Gasteiger partial charge on any atom is 0.158 e.